The van der Waals surface area contributed by atoms with Crippen LogP contribution in [0, 0.1) is 11.3 Å². The number of hydrogen-bond donors (Lipinski definition) is 1. The van der Waals surface area contributed by atoms with Crippen molar-refractivity contribution in [3.63, 3.8) is 0 Å². The van der Waals surface area contributed by atoms with Gasteiger partial charge in [-0.25, -0.2) is 0 Å². The van der Waals surface area contributed by atoms with E-state index in [0.29, 0.717) is 0 Å². The van der Waals surface area contributed by atoms with Crippen LogP contribution in [0.15, 0.2) is 71.3 Å². The molecule has 5 nitrogen and oxygen atoms in total. The zero-order valence-electron chi connectivity index (χ0n) is 14.6. The summed E-state index contributed by atoms with van der Waals surface area (Å²) in [5.74, 6) is -2.91. The van der Waals surface area contributed by atoms with Crippen molar-refractivity contribution in [3.8, 4) is 6.07 Å². The van der Waals surface area contributed by atoms with E-state index < -0.39 is 29.2 Å². The van der Waals surface area contributed by atoms with E-state index in [0.717, 1.165) is 24.3 Å². The van der Waals surface area contributed by atoms with Crippen LogP contribution in [-0.4, -0.2) is 11.6 Å². The molecular weight excluding hydrogens is 385 g/mol. The third-order valence-corrected chi connectivity index (χ3v) is 4.86. The van der Waals surface area contributed by atoms with Crippen molar-refractivity contribution in [2.24, 2.45) is 5.73 Å². The number of halogens is 3. The number of nitriles is 1. The fourth-order valence-corrected chi connectivity index (χ4v) is 3.50. The van der Waals surface area contributed by atoms with Gasteiger partial charge in [-0.15, -0.1) is 0 Å². The minimum Gasteiger partial charge on any atom is -0.436 e. The van der Waals surface area contributed by atoms with Crippen molar-refractivity contribution < 1.29 is 27.5 Å². The number of rotatable bonds is 1. The molecule has 0 saturated carbocycles. The second-order valence-corrected chi connectivity index (χ2v) is 6.49. The highest BCUT2D eigenvalue weighted by Gasteiger charge is 2.43. The van der Waals surface area contributed by atoms with E-state index in [2.05, 4.69) is 0 Å². The summed E-state index contributed by atoms with van der Waals surface area (Å²) in [6.07, 6.45) is -4.54. The number of alkyl halides is 3. The Kier molecular flexibility index (Phi) is 4.05. The van der Waals surface area contributed by atoms with Gasteiger partial charge in [-0.3, -0.25) is 9.59 Å². The maximum atomic E-state index is 13.1. The van der Waals surface area contributed by atoms with E-state index in [1.165, 1.54) is 12.1 Å². The van der Waals surface area contributed by atoms with Gasteiger partial charge in [0.2, 0.25) is 11.7 Å². The number of ketones is 2. The fraction of sp³-hybridized carbons (Fsp3) is 0.0952. The Hall–Kier alpha value is -3.86. The van der Waals surface area contributed by atoms with Crippen molar-refractivity contribution in [2.75, 3.05) is 0 Å². The predicted molar refractivity (Wildman–Crippen MR) is 94.2 cm³/mol. The summed E-state index contributed by atoms with van der Waals surface area (Å²) in [7, 11) is 0. The average molecular weight is 396 g/mol. The molecule has 0 radical (unpaired) electrons. The molecule has 0 amide bonds. The van der Waals surface area contributed by atoms with Gasteiger partial charge < -0.3 is 10.5 Å². The summed E-state index contributed by atoms with van der Waals surface area (Å²) in [6, 6.07) is 12.0. The summed E-state index contributed by atoms with van der Waals surface area (Å²) >= 11 is 0. The number of ether oxygens (including phenoxy) is 1. The summed E-state index contributed by atoms with van der Waals surface area (Å²) in [4.78, 5) is 26.0. The number of benzene rings is 2. The van der Waals surface area contributed by atoms with E-state index in [4.69, 9.17) is 10.5 Å². The zero-order chi connectivity index (χ0) is 20.9. The van der Waals surface area contributed by atoms with Crippen LogP contribution in [0.25, 0.3) is 0 Å². The maximum Gasteiger partial charge on any atom is 0.416 e. The summed E-state index contributed by atoms with van der Waals surface area (Å²) in [5, 5.41) is 9.55. The van der Waals surface area contributed by atoms with Crippen molar-refractivity contribution in [2.45, 2.75) is 12.1 Å². The molecule has 0 fully saturated rings. The van der Waals surface area contributed by atoms with Gasteiger partial charge in [-0.2, -0.15) is 18.4 Å². The number of carbonyl (C=O) groups is 2. The molecule has 4 rings (SSSR count). The minimum absolute atomic E-state index is 0.112. The number of hydrogen-bond acceptors (Lipinski definition) is 5. The van der Waals surface area contributed by atoms with Gasteiger partial charge in [0.15, 0.2) is 11.5 Å². The maximum absolute atomic E-state index is 13.1. The van der Waals surface area contributed by atoms with Crippen molar-refractivity contribution in [3.05, 3.63) is 93.6 Å². The molecule has 0 bridgehead atoms. The van der Waals surface area contributed by atoms with Gasteiger partial charge in [-0.1, -0.05) is 36.4 Å². The molecule has 0 saturated heterocycles. The molecule has 2 N–H and O–H groups in total. The van der Waals surface area contributed by atoms with Crippen LogP contribution < -0.4 is 5.73 Å². The molecule has 29 heavy (non-hydrogen) atoms. The summed E-state index contributed by atoms with van der Waals surface area (Å²) in [6.45, 7) is 0. The molecule has 2 aromatic rings. The first kappa shape index (κ1) is 18.5. The molecule has 8 heteroatoms. The van der Waals surface area contributed by atoms with Crippen LogP contribution in [0.3, 0.4) is 0 Å². The third-order valence-electron chi connectivity index (χ3n) is 4.86. The zero-order valence-corrected chi connectivity index (χ0v) is 14.6. The van der Waals surface area contributed by atoms with Gasteiger partial charge in [0, 0.05) is 11.1 Å². The Balaban J connectivity index is 1.91. The van der Waals surface area contributed by atoms with Crippen molar-refractivity contribution >= 4 is 11.6 Å². The van der Waals surface area contributed by atoms with E-state index >= 15 is 0 Å². The largest absolute Gasteiger partial charge is 0.436 e. The van der Waals surface area contributed by atoms with Crippen LogP contribution in [0.4, 0.5) is 13.2 Å². The molecule has 1 atom stereocenters. The molecule has 0 spiro atoms. The van der Waals surface area contributed by atoms with Crippen LogP contribution in [-0.2, 0) is 10.9 Å². The Bertz CT molecular complexity index is 1170. The first-order valence-electron chi connectivity index (χ1n) is 8.41. The average Bonchev–Trinajstić information content (AvgIpc) is 2.70. The highest BCUT2D eigenvalue weighted by Crippen LogP contribution is 2.44. The Morgan fingerprint density at radius 3 is 2.10 bits per heavy atom. The minimum atomic E-state index is -4.54. The number of Topliss-reactive ketones (excluding diaryl/α,β-unsaturated/α-hetero) is 2. The third kappa shape index (κ3) is 2.79. The Labute approximate surface area is 162 Å². The quantitative estimate of drug-likeness (QED) is 0.790. The standard InChI is InChI=1S/C21H11F3N2O3/c22-21(23,24)11-7-5-10(6-8-11)15-14(9-25)20(26)29-19-16(15)17(27)12-3-1-2-4-13(12)18(19)28/h1-8,15H,26H2/t15-/m1/s1. The van der Waals surface area contributed by atoms with Gasteiger partial charge in [-0.05, 0) is 17.7 Å². The van der Waals surface area contributed by atoms with Gasteiger partial charge in [0.05, 0.1) is 17.1 Å². The molecule has 1 aliphatic heterocycles. The first-order valence-corrected chi connectivity index (χ1v) is 8.41. The first-order chi connectivity index (χ1) is 13.7. The fourth-order valence-electron chi connectivity index (χ4n) is 3.50. The van der Waals surface area contributed by atoms with Crippen molar-refractivity contribution in [1.82, 2.24) is 0 Å². The van der Waals surface area contributed by atoms with Crippen LogP contribution in [0.1, 0.15) is 37.8 Å². The summed E-state index contributed by atoms with van der Waals surface area (Å²) < 4.78 is 44.0. The highest BCUT2D eigenvalue weighted by molar-refractivity contribution is 6.27. The van der Waals surface area contributed by atoms with Gasteiger partial charge in [0.1, 0.15) is 11.6 Å². The second-order valence-electron chi connectivity index (χ2n) is 6.49. The molecule has 2 aliphatic rings. The monoisotopic (exact) mass is 396 g/mol. The molecule has 2 aromatic carbocycles. The lowest BCUT2D eigenvalue weighted by Crippen LogP contribution is -2.32. The molecule has 144 valence electrons. The smallest absolute Gasteiger partial charge is 0.416 e. The normalized spacial score (nSPS) is 18.8. The lowest BCUT2D eigenvalue weighted by Gasteiger charge is -2.31. The van der Waals surface area contributed by atoms with Crippen LogP contribution >= 0.6 is 0 Å². The van der Waals surface area contributed by atoms with Gasteiger partial charge >= 0.3 is 6.18 Å². The van der Waals surface area contributed by atoms with E-state index in [-0.39, 0.29) is 39.5 Å². The number of allylic oxidation sites excluding steroid dienone is 3. The highest BCUT2D eigenvalue weighted by atomic mass is 19.4. The predicted octanol–water partition coefficient (Wildman–Crippen LogP) is 3.85. The topological polar surface area (TPSA) is 93.2 Å². The molecule has 1 aliphatic carbocycles. The van der Waals surface area contributed by atoms with Gasteiger partial charge in [0.25, 0.3) is 0 Å². The van der Waals surface area contributed by atoms with E-state index in [1.54, 1.807) is 12.1 Å². The SMILES string of the molecule is N#CC1=C(N)OC2=C(C(=O)c3ccccc3C2=O)[C@@H]1c1ccc(C(F)(F)F)cc1. The van der Waals surface area contributed by atoms with Crippen molar-refractivity contribution in [1.29, 1.82) is 5.26 Å². The second kappa shape index (κ2) is 6.34. The Morgan fingerprint density at radius 1 is 0.966 bits per heavy atom. The number of nitrogens with two attached hydrogens (primary N) is 1. The molecule has 0 aromatic heterocycles. The van der Waals surface area contributed by atoms with Crippen LogP contribution in [0.2, 0.25) is 0 Å². The number of carbonyl (C=O) groups excluding carboxylic acids is 2. The Morgan fingerprint density at radius 2 is 1.55 bits per heavy atom. The molecular formula is C21H11F3N2O3. The number of fused-ring (bicyclic) bond motifs is 1. The van der Waals surface area contributed by atoms with E-state index in [9.17, 15) is 28.0 Å². The summed E-state index contributed by atoms with van der Waals surface area (Å²) in [5.41, 5.74) is 5.15. The lowest BCUT2D eigenvalue weighted by molar-refractivity contribution is -0.137. The number of nitrogens with zero attached hydrogens (tertiary/aromatic N) is 1. The molecule has 0 unspecified atom stereocenters. The lowest BCUT2D eigenvalue weighted by atomic mass is 9.75. The van der Waals surface area contributed by atoms with E-state index in [1.807, 2.05) is 6.07 Å². The van der Waals surface area contributed by atoms with Crippen LogP contribution in [0.5, 0.6) is 0 Å². The molecule has 1 heterocycles.